The molecule has 0 heterocycles. The predicted octanol–water partition coefficient (Wildman–Crippen LogP) is 2.57. The quantitative estimate of drug-likeness (QED) is 0.161. The molecule has 0 aromatic carbocycles. The molecule has 0 rings (SSSR count). The van der Waals surface area contributed by atoms with E-state index in [1.165, 1.54) is 6.92 Å². The van der Waals surface area contributed by atoms with Crippen LogP contribution < -0.4 is 10.6 Å². The number of unbranched alkanes of at least 4 members (excludes halogenated alkanes) is 3. The van der Waals surface area contributed by atoms with Crippen LogP contribution in [0, 0.1) is 0 Å². The summed E-state index contributed by atoms with van der Waals surface area (Å²) in [6, 6.07) is -2.13. The number of hydrogen-bond donors (Lipinski definition) is 2. The lowest BCUT2D eigenvalue weighted by molar-refractivity contribution is -0.150. The lowest BCUT2D eigenvalue weighted by Gasteiger charge is -2.22. The lowest BCUT2D eigenvalue weighted by atomic mass is 10.1. The van der Waals surface area contributed by atoms with E-state index in [2.05, 4.69) is 10.6 Å². The number of nitrogens with one attached hydrogen (secondary N) is 2. The summed E-state index contributed by atoms with van der Waals surface area (Å²) in [5.74, 6) is -2.71. The molecule has 10 heteroatoms. The van der Waals surface area contributed by atoms with Crippen LogP contribution in [-0.2, 0) is 38.2 Å². The highest BCUT2D eigenvalue weighted by molar-refractivity contribution is 5.90. The minimum Gasteiger partial charge on any atom is -0.466 e. The summed E-state index contributed by atoms with van der Waals surface area (Å²) >= 11 is 0. The molecule has 0 aliphatic carbocycles. The van der Waals surface area contributed by atoms with E-state index >= 15 is 0 Å². The Hall–Kier alpha value is -2.65. The third-order valence-corrected chi connectivity index (χ3v) is 4.83. The van der Waals surface area contributed by atoms with Gasteiger partial charge in [0.2, 0.25) is 11.8 Å². The standard InChI is InChI=1S/C24H42N2O8/c1-5-8-15-32-21(28)13-11-19(25-18(4)27)23(30)26-20(24(31)34-17-10-7-3)12-14-22(29)33-16-9-6-2/h19-20H,5-17H2,1-4H3,(H,25,27)(H,26,30). The van der Waals surface area contributed by atoms with Gasteiger partial charge in [0.25, 0.3) is 0 Å². The van der Waals surface area contributed by atoms with E-state index in [4.69, 9.17) is 14.2 Å². The third-order valence-electron chi connectivity index (χ3n) is 4.83. The second-order valence-electron chi connectivity index (χ2n) is 8.06. The van der Waals surface area contributed by atoms with Gasteiger partial charge in [-0.3, -0.25) is 19.2 Å². The van der Waals surface area contributed by atoms with Gasteiger partial charge >= 0.3 is 17.9 Å². The molecule has 0 aliphatic heterocycles. The summed E-state index contributed by atoms with van der Waals surface area (Å²) in [5, 5.41) is 5.06. The maximum atomic E-state index is 12.9. The number of carbonyl (C=O) groups is 5. The van der Waals surface area contributed by atoms with Gasteiger partial charge in [0.05, 0.1) is 19.8 Å². The first-order chi connectivity index (χ1) is 16.2. The Balaban J connectivity index is 5.08. The molecule has 0 aromatic heterocycles. The van der Waals surface area contributed by atoms with E-state index in [-0.39, 0.29) is 32.3 Å². The summed E-state index contributed by atoms with van der Waals surface area (Å²) in [4.78, 5) is 60.8. The fraction of sp³-hybridized carbons (Fsp3) is 0.792. The normalized spacial score (nSPS) is 12.2. The van der Waals surface area contributed by atoms with Crippen molar-refractivity contribution in [3.63, 3.8) is 0 Å². The molecule has 2 unspecified atom stereocenters. The van der Waals surface area contributed by atoms with Crippen molar-refractivity contribution in [3.05, 3.63) is 0 Å². The minimum atomic E-state index is -1.09. The van der Waals surface area contributed by atoms with E-state index < -0.39 is 41.8 Å². The number of rotatable bonds is 19. The van der Waals surface area contributed by atoms with E-state index in [9.17, 15) is 24.0 Å². The van der Waals surface area contributed by atoms with Crippen molar-refractivity contribution >= 4 is 29.7 Å². The van der Waals surface area contributed by atoms with Gasteiger partial charge in [-0.05, 0) is 32.1 Å². The van der Waals surface area contributed by atoms with Crippen LogP contribution >= 0.6 is 0 Å². The maximum Gasteiger partial charge on any atom is 0.328 e. The van der Waals surface area contributed by atoms with Gasteiger partial charge < -0.3 is 24.8 Å². The van der Waals surface area contributed by atoms with E-state index in [0.717, 1.165) is 32.1 Å². The third kappa shape index (κ3) is 16.0. The van der Waals surface area contributed by atoms with E-state index in [1.54, 1.807) is 0 Å². The Bertz CT molecular complexity index is 638. The SMILES string of the molecule is CCCCOC(=O)CCC(NC(C)=O)C(=O)NC(CCC(=O)OCCCC)C(=O)OCCCC. The Morgan fingerprint density at radius 1 is 0.647 bits per heavy atom. The molecule has 34 heavy (non-hydrogen) atoms. The topological polar surface area (TPSA) is 137 Å². The molecule has 2 N–H and O–H groups in total. The Labute approximate surface area is 202 Å². The van der Waals surface area contributed by atoms with Crippen LogP contribution in [0.15, 0.2) is 0 Å². The summed E-state index contributed by atoms with van der Waals surface area (Å²) in [7, 11) is 0. The second-order valence-corrected chi connectivity index (χ2v) is 8.06. The van der Waals surface area contributed by atoms with E-state index in [1.807, 2.05) is 20.8 Å². The van der Waals surface area contributed by atoms with Crippen LogP contribution in [0.5, 0.6) is 0 Å². The van der Waals surface area contributed by atoms with Gasteiger partial charge in [-0.15, -0.1) is 0 Å². The van der Waals surface area contributed by atoms with Crippen molar-refractivity contribution < 1.29 is 38.2 Å². The molecule has 196 valence electrons. The minimum absolute atomic E-state index is 0.00644. The highest BCUT2D eigenvalue weighted by Gasteiger charge is 2.28. The summed E-state index contributed by atoms with van der Waals surface area (Å²) in [6.45, 7) is 7.94. The number of amides is 2. The molecule has 0 fully saturated rings. The molecule has 0 saturated carbocycles. The molecule has 2 amide bonds. The maximum absolute atomic E-state index is 12.9. The lowest BCUT2D eigenvalue weighted by Crippen LogP contribution is -2.51. The van der Waals surface area contributed by atoms with Crippen LogP contribution in [-0.4, -0.2) is 61.6 Å². The van der Waals surface area contributed by atoms with Gasteiger partial charge in [-0.2, -0.15) is 0 Å². The molecule has 0 bridgehead atoms. The van der Waals surface area contributed by atoms with Crippen molar-refractivity contribution in [2.24, 2.45) is 0 Å². The number of carbonyl (C=O) groups excluding carboxylic acids is 5. The summed E-state index contributed by atoms with van der Waals surface area (Å²) < 4.78 is 15.4. The van der Waals surface area contributed by atoms with E-state index in [0.29, 0.717) is 19.6 Å². The first-order valence-corrected chi connectivity index (χ1v) is 12.3. The molecule has 0 aliphatic rings. The number of ether oxygens (including phenoxy) is 3. The summed E-state index contributed by atoms with van der Waals surface area (Å²) in [6.07, 6.45) is 4.59. The second kappa shape index (κ2) is 19.8. The van der Waals surface area contributed by atoms with Gasteiger partial charge in [-0.25, -0.2) is 4.79 Å². The average Bonchev–Trinajstić information content (AvgIpc) is 2.79. The predicted molar refractivity (Wildman–Crippen MR) is 126 cm³/mol. The molecular formula is C24H42N2O8. The van der Waals surface area contributed by atoms with Gasteiger partial charge in [0.1, 0.15) is 12.1 Å². The molecule has 0 radical (unpaired) electrons. The average molecular weight is 487 g/mol. The zero-order valence-corrected chi connectivity index (χ0v) is 21.1. The highest BCUT2D eigenvalue weighted by Crippen LogP contribution is 2.07. The van der Waals surface area contributed by atoms with Crippen molar-refractivity contribution in [2.75, 3.05) is 19.8 Å². The summed E-state index contributed by atoms with van der Waals surface area (Å²) in [5.41, 5.74) is 0. The van der Waals surface area contributed by atoms with Gasteiger partial charge in [0.15, 0.2) is 0 Å². The van der Waals surface area contributed by atoms with Crippen LogP contribution in [0.25, 0.3) is 0 Å². The molecule has 2 atom stereocenters. The fourth-order valence-corrected chi connectivity index (χ4v) is 2.78. The molecule has 0 aromatic rings. The Morgan fingerprint density at radius 2 is 1.09 bits per heavy atom. The van der Waals surface area contributed by atoms with Gasteiger partial charge in [-0.1, -0.05) is 40.0 Å². The first-order valence-electron chi connectivity index (χ1n) is 12.3. The highest BCUT2D eigenvalue weighted by atomic mass is 16.5. The van der Waals surface area contributed by atoms with Crippen molar-refractivity contribution in [1.29, 1.82) is 0 Å². The monoisotopic (exact) mass is 486 g/mol. The van der Waals surface area contributed by atoms with Crippen LogP contribution in [0.4, 0.5) is 0 Å². The van der Waals surface area contributed by atoms with Crippen molar-refractivity contribution in [3.8, 4) is 0 Å². The van der Waals surface area contributed by atoms with Crippen LogP contribution in [0.2, 0.25) is 0 Å². The van der Waals surface area contributed by atoms with Crippen molar-refractivity contribution in [2.45, 2.75) is 104 Å². The molecular weight excluding hydrogens is 444 g/mol. The van der Waals surface area contributed by atoms with Crippen molar-refractivity contribution in [1.82, 2.24) is 10.6 Å². The first kappa shape index (κ1) is 31.4. The Morgan fingerprint density at radius 3 is 1.53 bits per heavy atom. The largest absolute Gasteiger partial charge is 0.466 e. The smallest absolute Gasteiger partial charge is 0.328 e. The zero-order valence-electron chi connectivity index (χ0n) is 21.1. The fourth-order valence-electron chi connectivity index (χ4n) is 2.78. The Kier molecular flexibility index (Phi) is 18.2. The van der Waals surface area contributed by atoms with Gasteiger partial charge in [0, 0.05) is 19.8 Å². The number of esters is 3. The van der Waals surface area contributed by atoms with Crippen LogP contribution in [0.1, 0.15) is 91.9 Å². The molecule has 0 spiro atoms. The number of hydrogen-bond acceptors (Lipinski definition) is 8. The zero-order chi connectivity index (χ0) is 25.8. The van der Waals surface area contributed by atoms with Crippen LogP contribution in [0.3, 0.4) is 0 Å². The molecule has 0 saturated heterocycles. The molecule has 10 nitrogen and oxygen atoms in total.